The molecule has 11 N–H and O–H groups in total. The van der Waals surface area contributed by atoms with Crippen molar-refractivity contribution in [1.82, 2.24) is 10.6 Å². The van der Waals surface area contributed by atoms with Gasteiger partial charge in [0, 0.05) is 33.9 Å². The maximum Gasteiger partial charge on any atom is 0.408 e. The van der Waals surface area contributed by atoms with Crippen LogP contribution in [0, 0.1) is 25.7 Å². The minimum absolute atomic E-state index is 0.0246. The smallest absolute Gasteiger partial charge is 0.408 e. The second-order valence-corrected chi connectivity index (χ2v) is 13.8. The number of phenols is 1. The number of nitrogens with one attached hydrogen (secondary N) is 2. The zero-order valence-corrected chi connectivity index (χ0v) is 31.2. The van der Waals surface area contributed by atoms with Gasteiger partial charge in [-0.2, -0.15) is 0 Å². The molecule has 3 amide bonds. The first-order chi connectivity index (χ1) is 27.7. The summed E-state index contributed by atoms with van der Waals surface area (Å²) in [4.78, 5) is 72.3. The summed E-state index contributed by atoms with van der Waals surface area (Å²) >= 11 is 0. The van der Waals surface area contributed by atoms with E-state index in [0.29, 0.717) is 23.1 Å². The Labute approximate surface area is 322 Å². The molecule has 0 spiro atoms. The second kappa shape index (κ2) is 21.5. The summed E-state index contributed by atoms with van der Waals surface area (Å²) in [5.74, 6) is -8.03. The molecule has 2 aromatic carbocycles. The van der Waals surface area contributed by atoms with Gasteiger partial charge >= 0.3 is 6.09 Å². The first-order valence-electron chi connectivity index (χ1n) is 21.0. The number of primary amides is 1. The summed E-state index contributed by atoms with van der Waals surface area (Å²) in [6.07, 6.45) is -3.80. The van der Waals surface area contributed by atoms with E-state index >= 15 is 0 Å². The number of Topliss-reactive ketones (excluding diaryl/α,β-unsaturated/α-hetero) is 2. The molecule has 292 valence electrons. The number of benzene rings is 2. The van der Waals surface area contributed by atoms with Gasteiger partial charge in [0.2, 0.25) is 11.8 Å². The van der Waals surface area contributed by atoms with Crippen LogP contribution in [-0.4, -0.2) is 71.3 Å². The zero-order chi connectivity index (χ0) is 45.9. The van der Waals surface area contributed by atoms with Crippen molar-refractivity contribution in [3.05, 3.63) is 64.6 Å². The van der Waals surface area contributed by atoms with Gasteiger partial charge in [0.15, 0.2) is 17.5 Å². The number of ether oxygens (including phenoxy) is 1. The molecule has 0 aromatic heterocycles. The fourth-order valence-electron chi connectivity index (χ4n) is 5.57. The molecule has 0 aliphatic carbocycles. The molecule has 1 unspecified atom stereocenters. The van der Waals surface area contributed by atoms with Crippen LogP contribution in [0.2, 0.25) is 0 Å². The lowest BCUT2D eigenvalue weighted by atomic mass is 9.86. The van der Waals surface area contributed by atoms with Crippen LogP contribution in [0.1, 0.15) is 97.6 Å². The summed E-state index contributed by atoms with van der Waals surface area (Å²) in [7, 11) is 0. The van der Waals surface area contributed by atoms with Crippen LogP contribution in [0.3, 0.4) is 0 Å². The van der Waals surface area contributed by atoms with Gasteiger partial charge in [0.25, 0.3) is 0 Å². The second-order valence-electron chi connectivity index (χ2n) is 13.8. The van der Waals surface area contributed by atoms with Crippen molar-refractivity contribution in [2.24, 2.45) is 39.7 Å². The number of alkyl carbamates (subject to hydrolysis) is 1. The van der Waals surface area contributed by atoms with E-state index in [9.17, 15) is 29.1 Å². The van der Waals surface area contributed by atoms with E-state index in [1.807, 2.05) is 0 Å². The van der Waals surface area contributed by atoms with Crippen molar-refractivity contribution < 1.29 is 43.4 Å². The van der Waals surface area contributed by atoms with Gasteiger partial charge in [-0.05, 0) is 120 Å². The zero-order valence-electron chi connectivity index (χ0n) is 38.2. The molecule has 0 bridgehead atoms. The monoisotopic (exact) mass is 744 g/mol. The predicted octanol–water partition coefficient (Wildman–Crippen LogP) is 2.99. The predicted molar refractivity (Wildman–Crippen MR) is 205 cm³/mol. The number of carbonyl (C=O) groups is 5. The number of ketones is 2. The molecule has 53 heavy (non-hydrogen) atoms. The number of aromatic hydroxyl groups is 1. The van der Waals surface area contributed by atoms with Crippen molar-refractivity contribution in [3.63, 3.8) is 0 Å². The maximum atomic E-state index is 14.4. The third-order valence-electron chi connectivity index (χ3n) is 8.15. The first-order valence-corrected chi connectivity index (χ1v) is 17.4. The highest BCUT2D eigenvalue weighted by molar-refractivity contribution is 5.95. The molecular weight excluding hydrogens is 678 g/mol. The molecule has 0 aliphatic heterocycles. The van der Waals surface area contributed by atoms with Gasteiger partial charge in [0.1, 0.15) is 11.4 Å². The van der Waals surface area contributed by atoms with Crippen LogP contribution in [0.15, 0.2) is 47.3 Å². The van der Waals surface area contributed by atoms with Crippen molar-refractivity contribution in [2.75, 3.05) is 13.1 Å². The summed E-state index contributed by atoms with van der Waals surface area (Å²) in [6.45, 7) is 8.69. The van der Waals surface area contributed by atoms with Crippen LogP contribution in [0.25, 0.3) is 0 Å². The van der Waals surface area contributed by atoms with Crippen molar-refractivity contribution in [3.8, 4) is 5.75 Å². The Morgan fingerprint density at radius 3 is 2.08 bits per heavy atom. The highest BCUT2D eigenvalue weighted by atomic mass is 16.6. The fraction of sp³-hybridized carbons (Fsp3) is 0.538. The molecule has 2 rings (SSSR count). The van der Waals surface area contributed by atoms with E-state index in [1.54, 1.807) is 34.6 Å². The van der Waals surface area contributed by atoms with E-state index in [1.165, 1.54) is 12.1 Å². The van der Waals surface area contributed by atoms with Crippen molar-refractivity contribution >= 4 is 35.4 Å². The lowest BCUT2D eigenvalue weighted by Gasteiger charge is -2.26. The Kier molecular flexibility index (Phi) is 13.7. The molecule has 2 aromatic rings. The number of carbonyl (C=O) groups excluding carboxylic acids is 5. The lowest BCUT2D eigenvalue weighted by Crippen LogP contribution is -2.48. The molecule has 14 heteroatoms. The summed E-state index contributed by atoms with van der Waals surface area (Å²) in [6, 6.07) is -3.70. The Bertz CT molecular complexity index is 1890. The lowest BCUT2D eigenvalue weighted by molar-refractivity contribution is -0.134. The number of guanidine groups is 1. The number of unbranched alkanes of at least 4 members (excludes halogenated alkanes) is 1. The average molecular weight is 745 g/mol. The molecule has 0 aliphatic rings. The number of nitrogens with zero attached hydrogens (tertiary/aromatic N) is 1. The standard InChI is InChI=1S/C39H59N7O7/c1-24-18-29(47)19-25(2)30(24)21-28(23-34(49)32(15-11-17-44-37(42)43)46-38(52)53-39(3,4)5)36(51)45-31(14-9-10-16-40)33(48)22-27(35(41)50)20-26-12-7-6-8-13-26/h6-8,12-13,18-19,27-28,31-32,47H,9-11,14-17,20-23,40H2,1-5H3,(H2,41,50)(H,45,51)(H,46,52)(H4,42,43,44)/t27-,28-,31+,32-/m1/s1/i6D,7D,8D,12D,13D,20D,27D/t20?,27-,28-,31+,32-. The Hall–Kier alpha value is -4.98. The number of hydrogen-bond acceptors (Lipinski definition) is 9. The molecule has 0 saturated heterocycles. The van der Waals surface area contributed by atoms with Gasteiger partial charge < -0.3 is 43.4 Å². The Morgan fingerprint density at radius 2 is 1.51 bits per heavy atom. The van der Waals surface area contributed by atoms with Crippen LogP contribution in [0.4, 0.5) is 4.79 Å². The number of hydrogen-bond donors (Lipinski definition) is 7. The van der Waals surface area contributed by atoms with Gasteiger partial charge in [-0.25, -0.2) is 4.79 Å². The van der Waals surface area contributed by atoms with Crippen LogP contribution in [-0.2, 0) is 36.7 Å². The number of amides is 3. The van der Waals surface area contributed by atoms with Crippen LogP contribution in [0.5, 0.6) is 5.75 Å². The maximum absolute atomic E-state index is 14.4. The molecule has 5 atom stereocenters. The fourth-order valence-corrected chi connectivity index (χ4v) is 5.57. The van der Waals surface area contributed by atoms with Crippen LogP contribution < -0.4 is 33.6 Å². The number of nitrogens with two attached hydrogens (primary N) is 4. The Balaban J connectivity index is 2.61. The number of aryl methyl sites for hydroxylation is 2. The SMILES string of the molecule is [2H]c1c([2H])c([2H])c(C([2H])[C@]([2H])(CC(=O)[C@H](CCCCN)NC(=O)[C@@H](CC(=O)[C@@H](CCCN=C(N)N)NC(=O)OC(C)(C)C)Cc2c(C)cc(O)cc2C)C(N)=O)c([2H])c1[2H]. The van der Waals surface area contributed by atoms with Gasteiger partial charge in [0.05, 0.1) is 18.9 Å². The minimum atomic E-state index is -2.86. The van der Waals surface area contributed by atoms with Crippen LogP contribution >= 0.6 is 0 Å². The summed E-state index contributed by atoms with van der Waals surface area (Å²) in [5, 5.41) is 15.5. The van der Waals surface area contributed by atoms with E-state index < -0.39 is 114 Å². The van der Waals surface area contributed by atoms with E-state index in [2.05, 4.69) is 15.6 Å². The molecule has 0 heterocycles. The molecule has 0 radical (unpaired) electrons. The Morgan fingerprint density at radius 1 is 0.925 bits per heavy atom. The molecule has 0 fully saturated rings. The molecule has 14 nitrogen and oxygen atoms in total. The highest BCUT2D eigenvalue weighted by Crippen LogP contribution is 2.26. The third-order valence-corrected chi connectivity index (χ3v) is 8.15. The number of aliphatic imine (C=N–C) groups is 1. The van der Waals surface area contributed by atoms with E-state index in [4.69, 9.17) is 37.3 Å². The van der Waals surface area contributed by atoms with Gasteiger partial charge in [-0.3, -0.25) is 24.2 Å². The van der Waals surface area contributed by atoms with E-state index in [-0.39, 0.29) is 56.9 Å². The first kappa shape index (κ1) is 33.8. The van der Waals surface area contributed by atoms with Crippen molar-refractivity contribution in [2.45, 2.75) is 110 Å². The summed E-state index contributed by atoms with van der Waals surface area (Å²) in [5.41, 5.74) is 22.4. The quantitative estimate of drug-likeness (QED) is 0.0527. The highest BCUT2D eigenvalue weighted by Gasteiger charge is 2.33. The normalized spacial score (nSPS) is 16.6. The van der Waals surface area contributed by atoms with E-state index in [0.717, 1.165) is 0 Å². The molecular formula is C39H59N7O7. The molecule has 0 saturated carbocycles. The van der Waals surface area contributed by atoms with Crippen molar-refractivity contribution in [1.29, 1.82) is 0 Å². The minimum Gasteiger partial charge on any atom is -0.508 e. The topological polar surface area (TPSA) is 255 Å². The van der Waals surface area contributed by atoms with Gasteiger partial charge in [-0.15, -0.1) is 0 Å². The average Bonchev–Trinajstić information content (AvgIpc) is 3.13. The summed E-state index contributed by atoms with van der Waals surface area (Å²) < 4.78 is 63.7. The number of phenolic OH excluding ortho intramolecular Hbond substituents is 1. The van der Waals surface area contributed by atoms with Gasteiger partial charge in [-0.1, -0.05) is 30.2 Å². The number of rotatable bonds is 22. The third kappa shape index (κ3) is 16.5. The largest absolute Gasteiger partial charge is 0.508 e.